The summed E-state index contributed by atoms with van der Waals surface area (Å²) in [6.45, 7) is 1.52. The number of benzene rings is 1. The molecule has 2 unspecified atom stereocenters. The van der Waals surface area contributed by atoms with Gasteiger partial charge in [-0.15, -0.1) is 0 Å². The summed E-state index contributed by atoms with van der Waals surface area (Å²) in [6.07, 6.45) is -1.37. The lowest BCUT2D eigenvalue weighted by atomic mass is 10.00. The van der Waals surface area contributed by atoms with Crippen LogP contribution in [0.15, 0.2) is 24.3 Å². The van der Waals surface area contributed by atoms with E-state index in [0.717, 1.165) is 5.56 Å². The number of anilines is 1. The minimum atomic E-state index is -1.37. The molecule has 18 heavy (non-hydrogen) atoms. The van der Waals surface area contributed by atoms with E-state index in [1.54, 1.807) is 31.2 Å². The van der Waals surface area contributed by atoms with Crippen molar-refractivity contribution in [1.29, 1.82) is 0 Å². The van der Waals surface area contributed by atoms with Gasteiger partial charge >= 0.3 is 0 Å². The molecule has 0 fully saturated rings. The molecule has 0 radical (unpaired) electrons. The van der Waals surface area contributed by atoms with Crippen molar-refractivity contribution < 1.29 is 14.7 Å². The van der Waals surface area contributed by atoms with Gasteiger partial charge in [0.15, 0.2) is 0 Å². The Labute approximate surface area is 105 Å². The molecule has 6 nitrogen and oxygen atoms in total. The Morgan fingerprint density at radius 2 is 2.11 bits per heavy atom. The van der Waals surface area contributed by atoms with Crippen LogP contribution in [-0.4, -0.2) is 29.6 Å². The molecule has 98 valence electrons. The second-order valence-electron chi connectivity index (χ2n) is 4.06. The first-order valence-corrected chi connectivity index (χ1v) is 5.52. The van der Waals surface area contributed by atoms with Crippen LogP contribution in [0.3, 0.4) is 0 Å². The molecule has 0 aromatic heterocycles. The number of primary amides is 1. The smallest absolute Gasteiger partial charge is 0.248 e. The van der Waals surface area contributed by atoms with Gasteiger partial charge in [0.1, 0.15) is 6.10 Å². The molecule has 1 aromatic carbocycles. The van der Waals surface area contributed by atoms with Crippen LogP contribution in [0, 0.1) is 0 Å². The van der Waals surface area contributed by atoms with Gasteiger partial charge in [0, 0.05) is 5.69 Å². The summed E-state index contributed by atoms with van der Waals surface area (Å²) in [5.41, 5.74) is 11.8. The Hall–Kier alpha value is -2.08. The lowest BCUT2D eigenvalue weighted by Gasteiger charge is -2.14. The molecule has 6 heteroatoms. The van der Waals surface area contributed by atoms with Crippen LogP contribution >= 0.6 is 0 Å². The number of aliphatic hydroxyl groups excluding tert-OH is 1. The number of hydrogen-bond acceptors (Lipinski definition) is 4. The fourth-order valence-electron chi connectivity index (χ4n) is 1.43. The average molecular weight is 251 g/mol. The van der Waals surface area contributed by atoms with E-state index in [9.17, 15) is 9.59 Å². The van der Waals surface area contributed by atoms with Crippen molar-refractivity contribution >= 4 is 17.5 Å². The van der Waals surface area contributed by atoms with E-state index in [2.05, 4.69) is 5.32 Å². The first-order valence-electron chi connectivity index (χ1n) is 5.52. The highest BCUT2D eigenvalue weighted by Crippen LogP contribution is 2.17. The fourth-order valence-corrected chi connectivity index (χ4v) is 1.43. The Morgan fingerprint density at radius 3 is 2.67 bits per heavy atom. The highest BCUT2D eigenvalue weighted by atomic mass is 16.3. The van der Waals surface area contributed by atoms with Gasteiger partial charge in [-0.2, -0.15) is 0 Å². The van der Waals surface area contributed by atoms with Gasteiger partial charge in [-0.05, 0) is 24.6 Å². The zero-order chi connectivity index (χ0) is 13.7. The van der Waals surface area contributed by atoms with Crippen molar-refractivity contribution in [2.24, 2.45) is 5.73 Å². The van der Waals surface area contributed by atoms with E-state index in [-0.39, 0.29) is 12.5 Å². The maximum atomic E-state index is 11.8. The van der Waals surface area contributed by atoms with Crippen LogP contribution < -0.4 is 16.8 Å². The van der Waals surface area contributed by atoms with Crippen LogP contribution in [-0.2, 0) is 9.59 Å². The Kier molecular flexibility index (Phi) is 4.67. The number of carbonyl (C=O) groups excluding carboxylic acids is 2. The third-order valence-corrected chi connectivity index (χ3v) is 2.60. The molecule has 0 spiro atoms. The molecule has 0 aliphatic carbocycles. The molecular formula is C12H17N3O3. The second kappa shape index (κ2) is 6.02. The molecule has 1 aromatic rings. The van der Waals surface area contributed by atoms with Crippen molar-refractivity contribution in [1.82, 2.24) is 5.32 Å². The lowest BCUT2D eigenvalue weighted by Crippen LogP contribution is -2.41. The number of carbonyl (C=O) groups is 2. The molecule has 0 aliphatic rings. The zero-order valence-electron chi connectivity index (χ0n) is 10.1. The molecule has 6 N–H and O–H groups in total. The monoisotopic (exact) mass is 251 g/mol. The SMILES string of the molecule is CC(C(=O)NCC(O)C(N)=O)c1cccc(N)c1. The number of nitrogens with one attached hydrogen (secondary N) is 1. The number of aliphatic hydroxyl groups is 1. The van der Waals surface area contributed by atoms with E-state index in [0.29, 0.717) is 5.69 Å². The summed E-state index contributed by atoms with van der Waals surface area (Å²) in [5, 5.41) is 11.6. The molecule has 0 saturated heterocycles. The number of nitrogen functional groups attached to an aromatic ring is 1. The van der Waals surface area contributed by atoms with E-state index in [4.69, 9.17) is 16.6 Å². The van der Waals surface area contributed by atoms with Crippen LogP contribution in [0.2, 0.25) is 0 Å². The minimum Gasteiger partial charge on any atom is -0.399 e. The molecule has 0 aliphatic heterocycles. The van der Waals surface area contributed by atoms with Crippen LogP contribution in [0.1, 0.15) is 18.4 Å². The van der Waals surface area contributed by atoms with Crippen LogP contribution in [0.25, 0.3) is 0 Å². The first-order chi connectivity index (χ1) is 8.41. The summed E-state index contributed by atoms with van der Waals surface area (Å²) < 4.78 is 0. The van der Waals surface area contributed by atoms with Crippen molar-refractivity contribution in [3.8, 4) is 0 Å². The molecule has 0 saturated carbocycles. The van der Waals surface area contributed by atoms with Crippen LogP contribution in [0.5, 0.6) is 0 Å². The molecule has 0 bridgehead atoms. The summed E-state index contributed by atoms with van der Waals surface area (Å²) in [5.74, 6) is -1.60. The number of rotatable bonds is 5. The molecule has 2 amide bonds. The summed E-state index contributed by atoms with van der Waals surface area (Å²) in [6, 6.07) is 6.97. The van der Waals surface area contributed by atoms with Gasteiger partial charge in [0.25, 0.3) is 0 Å². The Balaban J connectivity index is 2.59. The van der Waals surface area contributed by atoms with Gasteiger partial charge in [-0.3, -0.25) is 9.59 Å². The molecule has 2 atom stereocenters. The number of amides is 2. The average Bonchev–Trinajstić information content (AvgIpc) is 2.34. The number of nitrogens with two attached hydrogens (primary N) is 2. The van der Waals surface area contributed by atoms with Gasteiger partial charge < -0.3 is 21.9 Å². The third-order valence-electron chi connectivity index (χ3n) is 2.60. The fraction of sp³-hybridized carbons (Fsp3) is 0.333. The highest BCUT2D eigenvalue weighted by molar-refractivity contribution is 5.85. The van der Waals surface area contributed by atoms with E-state index < -0.39 is 17.9 Å². The third kappa shape index (κ3) is 3.74. The standard InChI is InChI=1S/C12H17N3O3/c1-7(8-3-2-4-9(13)5-8)12(18)15-6-10(16)11(14)17/h2-5,7,10,16H,6,13H2,1H3,(H2,14,17)(H,15,18). The Morgan fingerprint density at radius 1 is 1.44 bits per heavy atom. The molecule has 1 rings (SSSR count). The van der Waals surface area contributed by atoms with Gasteiger partial charge in [0.2, 0.25) is 11.8 Å². The van der Waals surface area contributed by atoms with E-state index in [1.807, 2.05) is 0 Å². The minimum absolute atomic E-state index is 0.194. The molecule has 0 heterocycles. The van der Waals surface area contributed by atoms with Crippen molar-refractivity contribution in [3.05, 3.63) is 29.8 Å². The van der Waals surface area contributed by atoms with Gasteiger partial charge in [0.05, 0.1) is 12.5 Å². The van der Waals surface area contributed by atoms with E-state index in [1.165, 1.54) is 0 Å². The quantitative estimate of drug-likeness (QED) is 0.519. The van der Waals surface area contributed by atoms with Gasteiger partial charge in [-0.25, -0.2) is 0 Å². The number of hydrogen-bond donors (Lipinski definition) is 4. The van der Waals surface area contributed by atoms with E-state index >= 15 is 0 Å². The second-order valence-corrected chi connectivity index (χ2v) is 4.06. The summed E-state index contributed by atoms with van der Waals surface area (Å²) in [4.78, 5) is 22.4. The van der Waals surface area contributed by atoms with Crippen molar-refractivity contribution in [2.75, 3.05) is 12.3 Å². The summed E-state index contributed by atoms with van der Waals surface area (Å²) >= 11 is 0. The maximum absolute atomic E-state index is 11.8. The normalized spacial score (nSPS) is 13.7. The largest absolute Gasteiger partial charge is 0.399 e. The highest BCUT2D eigenvalue weighted by Gasteiger charge is 2.17. The molecular weight excluding hydrogens is 234 g/mol. The van der Waals surface area contributed by atoms with Crippen LogP contribution in [0.4, 0.5) is 5.69 Å². The zero-order valence-corrected chi connectivity index (χ0v) is 10.1. The topological polar surface area (TPSA) is 118 Å². The lowest BCUT2D eigenvalue weighted by molar-refractivity contribution is -0.127. The predicted molar refractivity (Wildman–Crippen MR) is 67.5 cm³/mol. The Bertz CT molecular complexity index is 448. The maximum Gasteiger partial charge on any atom is 0.248 e. The first kappa shape index (κ1) is 14.0. The predicted octanol–water partition coefficient (Wildman–Crippen LogP) is -0.665. The van der Waals surface area contributed by atoms with Gasteiger partial charge in [-0.1, -0.05) is 12.1 Å². The van der Waals surface area contributed by atoms with Crippen molar-refractivity contribution in [3.63, 3.8) is 0 Å². The summed E-state index contributed by atoms with van der Waals surface area (Å²) in [7, 11) is 0. The van der Waals surface area contributed by atoms with Crippen molar-refractivity contribution in [2.45, 2.75) is 18.9 Å².